The summed E-state index contributed by atoms with van der Waals surface area (Å²) in [6.07, 6.45) is 0.432. The molecule has 1 aliphatic heterocycles. The predicted octanol–water partition coefficient (Wildman–Crippen LogP) is 2.80. The van der Waals surface area contributed by atoms with Crippen LogP contribution in [0.15, 0.2) is 18.2 Å². The van der Waals surface area contributed by atoms with Gasteiger partial charge in [0.2, 0.25) is 5.91 Å². The van der Waals surface area contributed by atoms with Crippen molar-refractivity contribution in [3.05, 3.63) is 29.3 Å². The molecule has 2 rings (SSSR count). The maximum Gasteiger partial charge on any atom is 0.409 e. The summed E-state index contributed by atoms with van der Waals surface area (Å²) in [6, 6.07) is 5.65. The zero-order valence-corrected chi connectivity index (χ0v) is 17.4. The van der Waals surface area contributed by atoms with E-state index in [1.165, 1.54) is 6.92 Å². The van der Waals surface area contributed by atoms with Crippen LogP contribution in [-0.4, -0.2) is 54.0 Å². The zero-order valence-electron chi connectivity index (χ0n) is 17.4. The van der Waals surface area contributed by atoms with E-state index in [2.05, 4.69) is 10.6 Å². The summed E-state index contributed by atoms with van der Waals surface area (Å²) in [5, 5.41) is 6.23. The van der Waals surface area contributed by atoms with E-state index in [0.717, 1.165) is 16.8 Å². The molecule has 2 unspecified atom stereocenters. The fourth-order valence-electron chi connectivity index (χ4n) is 3.71. The quantitative estimate of drug-likeness (QED) is 0.781. The first kappa shape index (κ1) is 21.9. The number of rotatable bonds is 6. The Labute approximate surface area is 166 Å². The number of nitrogens with one attached hydrogen (secondary N) is 2. The second-order valence-electron chi connectivity index (χ2n) is 7.55. The van der Waals surface area contributed by atoms with Crippen molar-refractivity contribution in [2.45, 2.75) is 59.0 Å². The summed E-state index contributed by atoms with van der Waals surface area (Å²) < 4.78 is 5.12. The first-order chi connectivity index (χ1) is 13.2. The van der Waals surface area contributed by atoms with Crippen molar-refractivity contribution < 1.29 is 19.1 Å². The lowest BCUT2D eigenvalue weighted by Gasteiger charge is -2.44. The van der Waals surface area contributed by atoms with Gasteiger partial charge in [0, 0.05) is 18.3 Å². The Morgan fingerprint density at radius 2 is 1.89 bits per heavy atom. The van der Waals surface area contributed by atoms with Gasteiger partial charge >= 0.3 is 6.09 Å². The lowest BCUT2D eigenvalue weighted by molar-refractivity contribution is -0.126. The van der Waals surface area contributed by atoms with Gasteiger partial charge in [-0.1, -0.05) is 18.2 Å². The maximum atomic E-state index is 13.3. The van der Waals surface area contributed by atoms with Gasteiger partial charge in [0.15, 0.2) is 0 Å². The lowest BCUT2D eigenvalue weighted by atomic mass is 9.82. The molecule has 7 heteroatoms. The van der Waals surface area contributed by atoms with Gasteiger partial charge in [-0.05, 0) is 58.6 Å². The third-order valence-corrected chi connectivity index (χ3v) is 5.29. The van der Waals surface area contributed by atoms with Crippen molar-refractivity contribution in [2.75, 3.05) is 25.0 Å². The van der Waals surface area contributed by atoms with E-state index in [1.807, 2.05) is 39.0 Å². The summed E-state index contributed by atoms with van der Waals surface area (Å²) in [7, 11) is 0. The largest absolute Gasteiger partial charge is 0.450 e. The van der Waals surface area contributed by atoms with Crippen LogP contribution in [0.5, 0.6) is 0 Å². The van der Waals surface area contributed by atoms with Crippen LogP contribution in [-0.2, 0) is 14.3 Å². The van der Waals surface area contributed by atoms with Gasteiger partial charge in [0.25, 0.3) is 0 Å². The van der Waals surface area contributed by atoms with Crippen molar-refractivity contribution in [3.63, 3.8) is 0 Å². The molecule has 0 aliphatic carbocycles. The highest BCUT2D eigenvalue weighted by Crippen LogP contribution is 2.30. The number of amides is 2. The molecule has 154 valence electrons. The van der Waals surface area contributed by atoms with Gasteiger partial charge in [0.05, 0.1) is 13.2 Å². The van der Waals surface area contributed by atoms with E-state index in [9.17, 15) is 14.4 Å². The molecule has 2 atom stereocenters. The Morgan fingerprint density at radius 3 is 2.43 bits per heavy atom. The third-order valence-electron chi connectivity index (χ3n) is 5.29. The van der Waals surface area contributed by atoms with E-state index < -0.39 is 5.54 Å². The second kappa shape index (κ2) is 9.19. The van der Waals surface area contributed by atoms with Gasteiger partial charge < -0.3 is 15.0 Å². The van der Waals surface area contributed by atoms with Crippen LogP contribution in [0.1, 0.15) is 44.7 Å². The van der Waals surface area contributed by atoms with Crippen molar-refractivity contribution >= 4 is 23.5 Å². The molecular formula is C21H31N3O4. The summed E-state index contributed by atoms with van der Waals surface area (Å²) in [5.74, 6) is -0.221. The van der Waals surface area contributed by atoms with Gasteiger partial charge in [-0.25, -0.2) is 4.79 Å². The number of ether oxygens (including phenoxy) is 1. The number of hydrogen-bond donors (Lipinski definition) is 2. The van der Waals surface area contributed by atoms with E-state index in [-0.39, 0.29) is 30.4 Å². The molecule has 1 heterocycles. The maximum absolute atomic E-state index is 13.3. The molecule has 1 aromatic carbocycles. The van der Waals surface area contributed by atoms with Crippen molar-refractivity contribution in [1.29, 1.82) is 0 Å². The Balaban J connectivity index is 2.25. The first-order valence-electron chi connectivity index (χ1n) is 9.75. The monoisotopic (exact) mass is 389 g/mol. The van der Waals surface area contributed by atoms with Crippen LogP contribution in [0.4, 0.5) is 10.5 Å². The molecule has 0 radical (unpaired) electrons. The number of para-hydroxylation sites is 1. The minimum Gasteiger partial charge on any atom is -0.450 e. The molecule has 0 saturated carbocycles. The van der Waals surface area contributed by atoms with Crippen LogP contribution in [0.3, 0.4) is 0 Å². The summed E-state index contributed by atoms with van der Waals surface area (Å²) >= 11 is 0. The number of carbonyl (C=O) groups is 3. The molecule has 2 N–H and O–H groups in total. The van der Waals surface area contributed by atoms with Crippen LogP contribution in [0, 0.1) is 13.8 Å². The molecule has 1 fully saturated rings. The van der Waals surface area contributed by atoms with Gasteiger partial charge in [-0.15, -0.1) is 0 Å². The van der Waals surface area contributed by atoms with E-state index in [1.54, 1.807) is 11.8 Å². The lowest BCUT2D eigenvalue weighted by Crippen LogP contribution is -2.63. The number of anilines is 1. The van der Waals surface area contributed by atoms with Crippen LogP contribution < -0.4 is 10.6 Å². The van der Waals surface area contributed by atoms with E-state index in [4.69, 9.17) is 4.74 Å². The molecule has 0 aromatic heterocycles. The minimum absolute atomic E-state index is 0.0419. The Morgan fingerprint density at radius 1 is 1.25 bits per heavy atom. The molecule has 28 heavy (non-hydrogen) atoms. The number of aryl methyl sites for hydroxylation is 2. The van der Waals surface area contributed by atoms with Crippen LogP contribution in [0.25, 0.3) is 0 Å². The van der Waals surface area contributed by atoms with Crippen molar-refractivity contribution in [3.8, 4) is 0 Å². The summed E-state index contributed by atoms with van der Waals surface area (Å²) in [5.41, 5.74) is 1.82. The normalized spacial score (nSPS) is 21.9. The smallest absolute Gasteiger partial charge is 0.409 e. The SMILES string of the molecule is CCOC(=O)N1CCC(NCC(C)=O)(C(=O)Nc2c(C)cccc2C)CC1C. The topological polar surface area (TPSA) is 87.7 Å². The molecule has 2 amide bonds. The Kier molecular flexibility index (Phi) is 7.18. The average molecular weight is 389 g/mol. The van der Waals surface area contributed by atoms with Gasteiger partial charge in [0.1, 0.15) is 11.3 Å². The summed E-state index contributed by atoms with van der Waals surface area (Å²) in [6.45, 7) is 9.84. The Hall–Kier alpha value is -2.41. The highest BCUT2D eigenvalue weighted by Gasteiger charge is 2.45. The fraction of sp³-hybridized carbons (Fsp3) is 0.571. The summed E-state index contributed by atoms with van der Waals surface area (Å²) in [4.78, 5) is 38.7. The number of nitrogens with zero attached hydrogens (tertiary/aromatic N) is 1. The molecule has 1 aliphatic rings. The van der Waals surface area contributed by atoms with Crippen LogP contribution in [0.2, 0.25) is 0 Å². The average Bonchev–Trinajstić information content (AvgIpc) is 2.63. The fourth-order valence-corrected chi connectivity index (χ4v) is 3.71. The van der Waals surface area contributed by atoms with Gasteiger partial charge in [-0.2, -0.15) is 0 Å². The van der Waals surface area contributed by atoms with Gasteiger partial charge in [-0.3, -0.25) is 14.9 Å². The number of ketones is 1. The molecular weight excluding hydrogens is 358 g/mol. The third kappa shape index (κ3) is 4.90. The number of carbonyl (C=O) groups excluding carboxylic acids is 3. The number of Topliss-reactive ketones (excluding diaryl/α,β-unsaturated/α-hetero) is 1. The van der Waals surface area contributed by atoms with Crippen molar-refractivity contribution in [2.24, 2.45) is 0 Å². The first-order valence-corrected chi connectivity index (χ1v) is 9.75. The number of hydrogen-bond acceptors (Lipinski definition) is 5. The zero-order chi connectivity index (χ0) is 20.9. The number of benzene rings is 1. The second-order valence-corrected chi connectivity index (χ2v) is 7.55. The molecule has 0 spiro atoms. The van der Waals surface area contributed by atoms with E-state index >= 15 is 0 Å². The number of likely N-dealkylation sites (tertiary alicyclic amines) is 1. The molecule has 0 bridgehead atoms. The van der Waals surface area contributed by atoms with Crippen molar-refractivity contribution in [1.82, 2.24) is 10.2 Å². The predicted molar refractivity (Wildman–Crippen MR) is 108 cm³/mol. The molecule has 1 aromatic rings. The highest BCUT2D eigenvalue weighted by atomic mass is 16.6. The number of piperidine rings is 1. The van der Waals surface area contributed by atoms with Crippen LogP contribution >= 0.6 is 0 Å². The Bertz CT molecular complexity index is 729. The highest BCUT2D eigenvalue weighted by molar-refractivity contribution is 6.00. The standard InChI is InChI=1S/C21H31N3O4/c1-6-28-20(27)24-11-10-21(12-16(24)4,22-13-17(5)25)19(26)23-18-14(2)8-7-9-15(18)3/h7-9,16,22H,6,10-13H2,1-5H3,(H,23,26). The minimum atomic E-state index is -0.928. The molecule has 7 nitrogen and oxygen atoms in total. The van der Waals surface area contributed by atoms with E-state index in [0.29, 0.717) is 26.0 Å². The molecule has 1 saturated heterocycles.